The number of aromatic nitrogens is 2. The second kappa shape index (κ2) is 6.69. The van der Waals surface area contributed by atoms with Crippen LogP contribution in [0.1, 0.15) is 42.4 Å². The molecule has 1 N–H and O–H groups in total. The van der Waals surface area contributed by atoms with Crippen LogP contribution in [0.15, 0.2) is 47.1 Å². The zero-order valence-corrected chi connectivity index (χ0v) is 13.5. The highest BCUT2D eigenvalue weighted by Crippen LogP contribution is 2.16. The van der Waals surface area contributed by atoms with Crippen molar-refractivity contribution in [3.8, 4) is 0 Å². The molecule has 5 heteroatoms. The summed E-state index contributed by atoms with van der Waals surface area (Å²) in [5, 5.41) is 7.94. The first kappa shape index (κ1) is 15.3. The predicted molar refractivity (Wildman–Crippen MR) is 89.5 cm³/mol. The Morgan fingerprint density at radius 1 is 1.30 bits per heavy atom. The van der Waals surface area contributed by atoms with Crippen molar-refractivity contribution in [3.05, 3.63) is 54.0 Å². The Labute approximate surface area is 135 Å². The van der Waals surface area contributed by atoms with Gasteiger partial charge in [-0.15, -0.1) is 0 Å². The molecule has 120 valence electrons. The molecule has 0 bridgehead atoms. The average molecular weight is 311 g/mol. The number of nitrogens with one attached hydrogen (secondary N) is 1. The Bertz CT molecular complexity index is 801. The van der Waals surface area contributed by atoms with Crippen LogP contribution in [0.3, 0.4) is 0 Å². The summed E-state index contributed by atoms with van der Waals surface area (Å²) in [5.74, 6) is 0.776. The second-order valence-corrected chi connectivity index (χ2v) is 5.95. The van der Waals surface area contributed by atoms with Crippen molar-refractivity contribution in [2.24, 2.45) is 0 Å². The summed E-state index contributed by atoms with van der Waals surface area (Å²) in [6.07, 6.45) is 2.94. The monoisotopic (exact) mass is 311 g/mol. The molecule has 0 aliphatic carbocycles. The second-order valence-electron chi connectivity index (χ2n) is 5.95. The van der Waals surface area contributed by atoms with Crippen molar-refractivity contribution in [1.29, 1.82) is 0 Å². The van der Waals surface area contributed by atoms with Crippen molar-refractivity contribution < 1.29 is 9.32 Å². The normalized spacial score (nSPS) is 11.3. The van der Waals surface area contributed by atoms with Crippen LogP contribution >= 0.6 is 0 Å². The van der Waals surface area contributed by atoms with Gasteiger partial charge < -0.3 is 14.4 Å². The number of para-hydroxylation sites is 1. The Hall–Kier alpha value is -2.56. The van der Waals surface area contributed by atoms with Gasteiger partial charge in [0.25, 0.3) is 5.91 Å². The molecule has 0 unspecified atom stereocenters. The molecule has 0 atom stereocenters. The van der Waals surface area contributed by atoms with Gasteiger partial charge in [-0.05, 0) is 23.9 Å². The van der Waals surface area contributed by atoms with E-state index in [9.17, 15) is 4.79 Å². The fourth-order valence-corrected chi connectivity index (χ4v) is 2.55. The van der Waals surface area contributed by atoms with Crippen LogP contribution in [0.5, 0.6) is 0 Å². The number of carbonyl (C=O) groups is 1. The molecular weight excluding hydrogens is 290 g/mol. The average Bonchev–Trinajstić information content (AvgIpc) is 3.19. The Morgan fingerprint density at radius 3 is 2.91 bits per heavy atom. The summed E-state index contributed by atoms with van der Waals surface area (Å²) in [6, 6.07) is 12.1. The Kier molecular flexibility index (Phi) is 4.46. The van der Waals surface area contributed by atoms with Crippen LogP contribution in [0.4, 0.5) is 0 Å². The zero-order valence-electron chi connectivity index (χ0n) is 13.5. The van der Waals surface area contributed by atoms with Gasteiger partial charge in [0, 0.05) is 36.8 Å². The van der Waals surface area contributed by atoms with Crippen LogP contribution in [-0.2, 0) is 6.54 Å². The molecule has 3 rings (SSSR count). The highest BCUT2D eigenvalue weighted by atomic mass is 16.5. The van der Waals surface area contributed by atoms with Crippen molar-refractivity contribution in [2.45, 2.75) is 32.7 Å². The Balaban J connectivity index is 1.50. The minimum Gasteiger partial charge on any atom is -0.360 e. The third-order valence-electron chi connectivity index (χ3n) is 3.87. The molecule has 1 amide bonds. The van der Waals surface area contributed by atoms with E-state index in [1.54, 1.807) is 6.07 Å². The smallest absolute Gasteiger partial charge is 0.273 e. The molecule has 0 fully saturated rings. The number of hydrogen-bond donors (Lipinski definition) is 1. The van der Waals surface area contributed by atoms with Crippen molar-refractivity contribution in [3.63, 3.8) is 0 Å². The lowest BCUT2D eigenvalue weighted by Crippen LogP contribution is -2.25. The fourth-order valence-electron chi connectivity index (χ4n) is 2.55. The highest BCUT2D eigenvalue weighted by molar-refractivity contribution is 5.92. The maximum absolute atomic E-state index is 12.0. The minimum atomic E-state index is -0.182. The van der Waals surface area contributed by atoms with Gasteiger partial charge in [-0.2, -0.15) is 0 Å². The van der Waals surface area contributed by atoms with Crippen molar-refractivity contribution in [1.82, 2.24) is 15.0 Å². The van der Waals surface area contributed by atoms with Gasteiger partial charge in [0.15, 0.2) is 5.69 Å². The first-order valence-corrected chi connectivity index (χ1v) is 7.94. The van der Waals surface area contributed by atoms with E-state index in [0.717, 1.165) is 18.7 Å². The number of benzene rings is 1. The molecule has 23 heavy (non-hydrogen) atoms. The molecule has 5 nitrogen and oxygen atoms in total. The van der Waals surface area contributed by atoms with Crippen LogP contribution < -0.4 is 5.32 Å². The van der Waals surface area contributed by atoms with E-state index in [-0.39, 0.29) is 11.8 Å². The quantitative estimate of drug-likeness (QED) is 0.708. The maximum Gasteiger partial charge on any atom is 0.273 e. The molecule has 1 aromatic carbocycles. The van der Waals surface area contributed by atoms with Gasteiger partial charge >= 0.3 is 0 Å². The third kappa shape index (κ3) is 3.44. The Morgan fingerprint density at radius 2 is 2.13 bits per heavy atom. The molecule has 2 aromatic heterocycles. The lowest BCUT2D eigenvalue weighted by atomic mass is 10.1. The predicted octanol–water partition coefficient (Wildman–Crippen LogP) is 3.57. The molecule has 0 aliphatic rings. The molecule has 3 aromatic rings. The lowest BCUT2D eigenvalue weighted by Gasteiger charge is -2.06. The number of hydrogen-bond acceptors (Lipinski definition) is 3. The molecule has 2 heterocycles. The van der Waals surface area contributed by atoms with Gasteiger partial charge in [0.2, 0.25) is 0 Å². The van der Waals surface area contributed by atoms with E-state index < -0.39 is 0 Å². The standard InChI is InChI=1S/C18H21N3O2/c1-13(2)17-12-15(20-23-17)18(22)19-9-5-10-21-11-8-14-6-3-4-7-16(14)21/h3-4,6-8,11-13H,5,9-10H2,1-2H3,(H,19,22). The zero-order chi connectivity index (χ0) is 16.2. The van der Waals surface area contributed by atoms with E-state index in [0.29, 0.717) is 12.2 Å². The van der Waals surface area contributed by atoms with Gasteiger partial charge in [-0.25, -0.2) is 0 Å². The lowest BCUT2D eigenvalue weighted by molar-refractivity contribution is 0.0943. The number of amides is 1. The van der Waals surface area contributed by atoms with Gasteiger partial charge in [-0.3, -0.25) is 4.79 Å². The summed E-state index contributed by atoms with van der Waals surface area (Å²) < 4.78 is 7.35. The molecule has 0 aliphatic heterocycles. The number of aryl methyl sites for hydroxylation is 1. The molecular formula is C18H21N3O2. The van der Waals surface area contributed by atoms with Crippen LogP contribution in [0.25, 0.3) is 10.9 Å². The summed E-state index contributed by atoms with van der Waals surface area (Å²) >= 11 is 0. The van der Waals surface area contributed by atoms with E-state index in [2.05, 4.69) is 39.4 Å². The van der Waals surface area contributed by atoms with E-state index in [1.807, 2.05) is 26.0 Å². The summed E-state index contributed by atoms with van der Waals surface area (Å²) in [5.41, 5.74) is 1.57. The number of rotatable bonds is 6. The number of carbonyl (C=O) groups excluding carboxylic acids is 1. The molecule has 0 radical (unpaired) electrons. The van der Waals surface area contributed by atoms with Crippen LogP contribution in [-0.4, -0.2) is 22.2 Å². The van der Waals surface area contributed by atoms with Gasteiger partial charge in [0.05, 0.1) is 0 Å². The van der Waals surface area contributed by atoms with Gasteiger partial charge in [-0.1, -0.05) is 37.2 Å². The van der Waals surface area contributed by atoms with Gasteiger partial charge in [0.1, 0.15) is 5.76 Å². The first-order valence-electron chi connectivity index (χ1n) is 7.94. The summed E-state index contributed by atoms with van der Waals surface area (Å²) in [6.45, 7) is 5.48. The van der Waals surface area contributed by atoms with Crippen LogP contribution in [0.2, 0.25) is 0 Å². The summed E-state index contributed by atoms with van der Waals surface area (Å²) in [4.78, 5) is 12.0. The maximum atomic E-state index is 12.0. The number of nitrogens with zero attached hydrogens (tertiary/aromatic N) is 2. The van der Waals surface area contributed by atoms with Crippen LogP contribution in [0, 0.1) is 0 Å². The van der Waals surface area contributed by atoms with Crippen molar-refractivity contribution in [2.75, 3.05) is 6.54 Å². The highest BCUT2D eigenvalue weighted by Gasteiger charge is 2.13. The first-order chi connectivity index (χ1) is 11.1. The third-order valence-corrected chi connectivity index (χ3v) is 3.87. The fraction of sp³-hybridized carbons (Fsp3) is 0.333. The SMILES string of the molecule is CC(C)c1cc(C(=O)NCCCn2ccc3ccccc32)no1. The topological polar surface area (TPSA) is 60.1 Å². The number of fused-ring (bicyclic) bond motifs is 1. The molecule has 0 saturated heterocycles. The van der Waals surface area contributed by atoms with E-state index in [1.165, 1.54) is 10.9 Å². The van der Waals surface area contributed by atoms with E-state index >= 15 is 0 Å². The molecule has 0 spiro atoms. The molecule has 0 saturated carbocycles. The van der Waals surface area contributed by atoms with Crippen molar-refractivity contribution >= 4 is 16.8 Å². The van der Waals surface area contributed by atoms with E-state index in [4.69, 9.17) is 4.52 Å². The minimum absolute atomic E-state index is 0.182. The largest absolute Gasteiger partial charge is 0.360 e. The summed E-state index contributed by atoms with van der Waals surface area (Å²) in [7, 11) is 0.